The minimum atomic E-state index is -4.12. The van der Waals surface area contributed by atoms with Crippen LogP contribution in [0.1, 0.15) is 39.5 Å². The maximum Gasteiger partial charge on any atom is 0.394 e. The first-order valence-electron chi connectivity index (χ1n) is 8.05. The first-order valence-corrected chi connectivity index (χ1v) is 8.05. The van der Waals surface area contributed by atoms with Gasteiger partial charge in [-0.2, -0.15) is 13.2 Å². The van der Waals surface area contributed by atoms with Gasteiger partial charge in [0.2, 0.25) is 0 Å². The lowest BCUT2D eigenvalue weighted by Crippen LogP contribution is -2.50. The first-order chi connectivity index (χ1) is 9.90. The van der Waals surface area contributed by atoms with Gasteiger partial charge in [-0.25, -0.2) is 0 Å². The van der Waals surface area contributed by atoms with Crippen LogP contribution in [0, 0.1) is 5.92 Å². The third kappa shape index (κ3) is 4.11. The molecule has 3 nitrogen and oxygen atoms in total. The molecule has 6 heteroatoms. The summed E-state index contributed by atoms with van der Waals surface area (Å²) in [5.41, 5.74) is -0.142. The van der Waals surface area contributed by atoms with Gasteiger partial charge in [-0.05, 0) is 25.7 Å². The van der Waals surface area contributed by atoms with Crippen LogP contribution >= 0.6 is 0 Å². The zero-order valence-electron chi connectivity index (χ0n) is 13.0. The smallest absolute Gasteiger partial charge is 0.375 e. The molecule has 0 aromatic rings. The van der Waals surface area contributed by atoms with Crippen LogP contribution < -0.4 is 5.32 Å². The lowest BCUT2D eigenvalue weighted by Gasteiger charge is -2.44. The van der Waals surface area contributed by atoms with Gasteiger partial charge < -0.3 is 10.1 Å². The molecule has 2 rings (SSSR count). The van der Waals surface area contributed by atoms with E-state index in [1.54, 1.807) is 0 Å². The molecule has 0 amide bonds. The molecule has 0 aromatic carbocycles. The van der Waals surface area contributed by atoms with Crippen molar-refractivity contribution in [2.75, 3.05) is 32.8 Å². The van der Waals surface area contributed by atoms with E-state index < -0.39 is 12.1 Å². The monoisotopic (exact) mass is 308 g/mol. The number of hydrogen-bond acceptors (Lipinski definition) is 3. The summed E-state index contributed by atoms with van der Waals surface area (Å²) in [5, 5.41) is 2.93. The van der Waals surface area contributed by atoms with Crippen LogP contribution in [0.4, 0.5) is 13.2 Å². The van der Waals surface area contributed by atoms with Crippen LogP contribution in [-0.2, 0) is 4.74 Å². The molecular weight excluding hydrogens is 281 g/mol. The van der Waals surface area contributed by atoms with Gasteiger partial charge in [0.25, 0.3) is 0 Å². The summed E-state index contributed by atoms with van der Waals surface area (Å²) >= 11 is 0. The predicted molar refractivity (Wildman–Crippen MR) is 76.3 cm³/mol. The van der Waals surface area contributed by atoms with Crippen molar-refractivity contribution in [1.82, 2.24) is 10.2 Å². The van der Waals surface area contributed by atoms with Gasteiger partial charge in [-0.15, -0.1) is 0 Å². The van der Waals surface area contributed by atoms with Gasteiger partial charge in [-0.3, -0.25) is 4.90 Å². The van der Waals surface area contributed by atoms with Crippen molar-refractivity contribution in [3.05, 3.63) is 0 Å². The van der Waals surface area contributed by atoms with Gasteiger partial charge in [-0.1, -0.05) is 13.8 Å². The van der Waals surface area contributed by atoms with Crippen LogP contribution in [0.5, 0.6) is 0 Å². The van der Waals surface area contributed by atoms with Crippen molar-refractivity contribution in [2.24, 2.45) is 5.92 Å². The molecule has 0 aliphatic carbocycles. The molecule has 2 aliphatic heterocycles. The van der Waals surface area contributed by atoms with E-state index in [4.69, 9.17) is 4.74 Å². The lowest BCUT2D eigenvalue weighted by atomic mass is 9.85. The Morgan fingerprint density at radius 2 is 2.00 bits per heavy atom. The average molecular weight is 308 g/mol. The molecule has 1 N–H and O–H groups in total. The van der Waals surface area contributed by atoms with Crippen molar-refractivity contribution in [3.63, 3.8) is 0 Å². The molecule has 2 unspecified atom stereocenters. The molecule has 21 heavy (non-hydrogen) atoms. The topological polar surface area (TPSA) is 24.5 Å². The highest BCUT2D eigenvalue weighted by Gasteiger charge is 2.44. The summed E-state index contributed by atoms with van der Waals surface area (Å²) < 4.78 is 45.1. The largest absolute Gasteiger partial charge is 0.394 e. The Bertz CT molecular complexity index is 331. The number of nitrogens with zero attached hydrogens (tertiary/aromatic N) is 1. The van der Waals surface area contributed by atoms with Gasteiger partial charge in [0.15, 0.2) is 0 Å². The molecule has 0 saturated carbocycles. The minimum absolute atomic E-state index is 0.0376. The zero-order valence-corrected chi connectivity index (χ0v) is 13.0. The van der Waals surface area contributed by atoms with E-state index in [-0.39, 0.29) is 24.7 Å². The van der Waals surface area contributed by atoms with Crippen molar-refractivity contribution in [3.8, 4) is 0 Å². The van der Waals surface area contributed by atoms with E-state index in [2.05, 4.69) is 19.2 Å². The van der Waals surface area contributed by atoms with Crippen molar-refractivity contribution < 1.29 is 17.9 Å². The number of hydrogen-bond donors (Lipinski definition) is 1. The van der Waals surface area contributed by atoms with E-state index in [0.29, 0.717) is 19.7 Å². The second kappa shape index (κ2) is 6.84. The molecule has 0 spiro atoms. The highest BCUT2D eigenvalue weighted by molar-refractivity contribution is 4.91. The molecule has 2 saturated heterocycles. The maximum absolute atomic E-state index is 13.1. The second-order valence-electron chi connectivity index (χ2n) is 6.32. The third-order valence-electron chi connectivity index (χ3n) is 5.16. The molecule has 0 bridgehead atoms. The summed E-state index contributed by atoms with van der Waals surface area (Å²) in [6.45, 7) is 6.35. The van der Waals surface area contributed by atoms with Gasteiger partial charge in [0.05, 0.1) is 11.5 Å². The second-order valence-corrected chi connectivity index (χ2v) is 6.32. The van der Waals surface area contributed by atoms with E-state index in [0.717, 1.165) is 25.7 Å². The average Bonchev–Trinajstić information content (AvgIpc) is 2.73. The Kier molecular flexibility index (Phi) is 5.54. The molecular formula is C15H27F3N2O. The lowest BCUT2D eigenvalue weighted by molar-refractivity contribution is -0.180. The highest BCUT2D eigenvalue weighted by atomic mass is 19.4. The fourth-order valence-corrected chi connectivity index (χ4v) is 3.55. The van der Waals surface area contributed by atoms with Crippen LogP contribution in [0.2, 0.25) is 0 Å². The number of nitrogens with one attached hydrogen (secondary N) is 1. The maximum atomic E-state index is 13.1. The van der Waals surface area contributed by atoms with Crippen molar-refractivity contribution >= 4 is 0 Å². The minimum Gasteiger partial charge on any atom is -0.375 e. The van der Waals surface area contributed by atoms with E-state index >= 15 is 0 Å². The van der Waals surface area contributed by atoms with Crippen molar-refractivity contribution in [2.45, 2.75) is 57.3 Å². The third-order valence-corrected chi connectivity index (χ3v) is 5.16. The van der Waals surface area contributed by atoms with Crippen LogP contribution in [0.15, 0.2) is 0 Å². The molecule has 124 valence electrons. The summed E-state index contributed by atoms with van der Waals surface area (Å²) in [6, 6.07) is 0.211. The van der Waals surface area contributed by atoms with Gasteiger partial charge in [0, 0.05) is 38.8 Å². The molecule has 2 aliphatic rings. The van der Waals surface area contributed by atoms with E-state index in [1.165, 1.54) is 0 Å². The fourth-order valence-electron chi connectivity index (χ4n) is 3.55. The number of rotatable bonds is 3. The Hall–Kier alpha value is -0.330. The standard InChI is InChI=1S/C15H27F3N2O/c1-3-14(4-2)9-13(5-8-21-14)20-7-6-19-10-12(11-20)15(16,17)18/h12-13,19H,3-11H2,1-2H3. The zero-order chi connectivity index (χ0) is 15.5. The van der Waals surface area contributed by atoms with E-state index in [1.807, 2.05) is 4.90 Å². The molecule has 2 fully saturated rings. The number of halogens is 3. The Balaban J connectivity index is 2.05. The summed E-state index contributed by atoms with van der Waals surface area (Å²) in [7, 11) is 0. The Labute approximate surface area is 125 Å². The molecule has 0 aromatic heterocycles. The normalized spacial score (nSPS) is 31.9. The molecule has 2 heterocycles. The summed E-state index contributed by atoms with van der Waals surface area (Å²) in [4.78, 5) is 2.04. The van der Waals surface area contributed by atoms with E-state index in [9.17, 15) is 13.2 Å². The van der Waals surface area contributed by atoms with Gasteiger partial charge in [0.1, 0.15) is 0 Å². The summed E-state index contributed by atoms with van der Waals surface area (Å²) in [6.07, 6.45) is -0.576. The van der Waals surface area contributed by atoms with Crippen LogP contribution in [0.3, 0.4) is 0 Å². The SMILES string of the molecule is CCC1(CC)CC(N2CCNCC(C(F)(F)F)C2)CCO1. The number of ether oxygens (including phenoxy) is 1. The summed E-state index contributed by atoms with van der Waals surface area (Å²) in [5.74, 6) is -1.26. The quantitative estimate of drug-likeness (QED) is 0.868. The Morgan fingerprint density at radius 3 is 2.62 bits per heavy atom. The van der Waals surface area contributed by atoms with Gasteiger partial charge >= 0.3 is 6.18 Å². The number of alkyl halides is 3. The highest BCUT2D eigenvalue weighted by Crippen LogP contribution is 2.35. The van der Waals surface area contributed by atoms with Crippen LogP contribution in [0.25, 0.3) is 0 Å². The first kappa shape index (κ1) is 17.0. The fraction of sp³-hybridized carbons (Fsp3) is 1.00. The predicted octanol–water partition coefficient (Wildman–Crippen LogP) is 2.81. The van der Waals surface area contributed by atoms with Crippen LogP contribution in [-0.4, -0.2) is 55.5 Å². The molecule has 2 atom stereocenters. The van der Waals surface area contributed by atoms with Crippen molar-refractivity contribution in [1.29, 1.82) is 0 Å². The molecule has 0 radical (unpaired) electrons. The Morgan fingerprint density at radius 1 is 1.29 bits per heavy atom.